The van der Waals surface area contributed by atoms with Crippen molar-refractivity contribution in [3.63, 3.8) is 0 Å². The first-order valence-electron chi connectivity index (χ1n) is 4.64. The van der Waals surface area contributed by atoms with Crippen LogP contribution in [-0.4, -0.2) is 22.8 Å². The topological polar surface area (TPSA) is 55.0 Å². The van der Waals surface area contributed by atoms with Crippen molar-refractivity contribution >= 4 is 28.5 Å². The third kappa shape index (κ3) is 1.63. The molecule has 1 aromatic carbocycles. The van der Waals surface area contributed by atoms with E-state index >= 15 is 0 Å². The van der Waals surface area contributed by atoms with E-state index in [4.69, 9.17) is 16.3 Å². The fraction of sp³-hybridized carbons (Fsp3) is 0.200. The molecule has 84 valence electrons. The predicted octanol–water partition coefficient (Wildman–Crippen LogP) is 2.53. The minimum Gasteiger partial charge on any atom is -0.461 e. The number of aromatic amines is 1. The van der Waals surface area contributed by atoms with E-state index in [0.717, 1.165) is 0 Å². The molecule has 16 heavy (non-hydrogen) atoms. The SMILES string of the molecule is CCOC(=O)c1n[nH]c2ccc(F)c(Cl)c12. The molecule has 0 amide bonds. The molecular formula is C10H8ClFN2O2. The number of halogens is 2. The van der Waals surface area contributed by atoms with Crippen LogP contribution in [0.5, 0.6) is 0 Å². The number of aromatic nitrogens is 2. The van der Waals surface area contributed by atoms with Gasteiger partial charge in [-0.1, -0.05) is 11.6 Å². The number of ether oxygens (including phenoxy) is 1. The number of hydrogen-bond donors (Lipinski definition) is 1. The van der Waals surface area contributed by atoms with Crippen LogP contribution in [0.3, 0.4) is 0 Å². The summed E-state index contributed by atoms with van der Waals surface area (Å²) < 4.78 is 18.0. The lowest BCUT2D eigenvalue weighted by Crippen LogP contribution is -2.05. The van der Waals surface area contributed by atoms with Crippen LogP contribution in [0.15, 0.2) is 12.1 Å². The van der Waals surface area contributed by atoms with Crippen LogP contribution in [0, 0.1) is 5.82 Å². The monoisotopic (exact) mass is 242 g/mol. The lowest BCUT2D eigenvalue weighted by Gasteiger charge is -2.00. The molecule has 0 bridgehead atoms. The van der Waals surface area contributed by atoms with Gasteiger partial charge in [-0.25, -0.2) is 9.18 Å². The Morgan fingerprint density at radius 1 is 1.62 bits per heavy atom. The molecular weight excluding hydrogens is 235 g/mol. The van der Waals surface area contributed by atoms with E-state index in [9.17, 15) is 9.18 Å². The van der Waals surface area contributed by atoms with Crippen molar-refractivity contribution in [2.24, 2.45) is 0 Å². The van der Waals surface area contributed by atoms with Crippen molar-refractivity contribution in [2.45, 2.75) is 6.92 Å². The molecule has 0 radical (unpaired) electrons. The van der Waals surface area contributed by atoms with Gasteiger partial charge in [-0.05, 0) is 19.1 Å². The molecule has 0 spiro atoms. The summed E-state index contributed by atoms with van der Waals surface area (Å²) in [4.78, 5) is 11.5. The highest BCUT2D eigenvalue weighted by Gasteiger charge is 2.19. The molecule has 4 nitrogen and oxygen atoms in total. The van der Waals surface area contributed by atoms with Crippen molar-refractivity contribution < 1.29 is 13.9 Å². The maximum Gasteiger partial charge on any atom is 0.359 e. The predicted molar refractivity (Wildman–Crippen MR) is 57.0 cm³/mol. The van der Waals surface area contributed by atoms with Gasteiger partial charge in [0.25, 0.3) is 0 Å². The van der Waals surface area contributed by atoms with Gasteiger partial charge in [-0.3, -0.25) is 5.10 Å². The quantitative estimate of drug-likeness (QED) is 0.824. The van der Waals surface area contributed by atoms with Gasteiger partial charge in [0.05, 0.1) is 22.5 Å². The number of carbonyl (C=O) groups is 1. The average molecular weight is 243 g/mol. The largest absolute Gasteiger partial charge is 0.461 e. The van der Waals surface area contributed by atoms with E-state index in [0.29, 0.717) is 5.52 Å². The second kappa shape index (κ2) is 4.09. The number of rotatable bonds is 2. The number of carbonyl (C=O) groups excluding carboxylic acids is 1. The lowest BCUT2D eigenvalue weighted by atomic mass is 10.2. The van der Waals surface area contributed by atoms with Crippen LogP contribution in [0.2, 0.25) is 5.02 Å². The molecule has 1 heterocycles. The van der Waals surface area contributed by atoms with Gasteiger partial charge in [0.2, 0.25) is 0 Å². The van der Waals surface area contributed by atoms with Crippen LogP contribution in [0.4, 0.5) is 4.39 Å². The van der Waals surface area contributed by atoms with Crippen molar-refractivity contribution in [3.05, 3.63) is 28.7 Å². The van der Waals surface area contributed by atoms with Crippen LogP contribution in [-0.2, 0) is 4.74 Å². The zero-order valence-electron chi connectivity index (χ0n) is 8.38. The Hall–Kier alpha value is -1.62. The molecule has 2 aromatic rings. The third-order valence-electron chi connectivity index (χ3n) is 2.09. The molecule has 0 atom stereocenters. The summed E-state index contributed by atoms with van der Waals surface area (Å²) >= 11 is 5.77. The molecule has 0 unspecified atom stereocenters. The summed E-state index contributed by atoms with van der Waals surface area (Å²) in [6, 6.07) is 2.67. The molecule has 6 heteroatoms. The van der Waals surface area contributed by atoms with E-state index in [1.165, 1.54) is 12.1 Å². The number of esters is 1. The lowest BCUT2D eigenvalue weighted by molar-refractivity contribution is 0.0521. The average Bonchev–Trinajstić information content (AvgIpc) is 2.68. The molecule has 2 rings (SSSR count). The number of nitrogens with zero attached hydrogens (tertiary/aromatic N) is 1. The maximum atomic E-state index is 13.2. The first-order chi connectivity index (χ1) is 7.65. The number of nitrogens with one attached hydrogen (secondary N) is 1. The Morgan fingerprint density at radius 2 is 2.38 bits per heavy atom. The first kappa shape index (κ1) is 10.9. The Kier molecular flexibility index (Phi) is 2.78. The van der Waals surface area contributed by atoms with Gasteiger partial charge >= 0.3 is 5.97 Å². The molecule has 1 aromatic heterocycles. The van der Waals surface area contributed by atoms with E-state index in [1.54, 1.807) is 6.92 Å². The van der Waals surface area contributed by atoms with Gasteiger partial charge in [-0.2, -0.15) is 5.10 Å². The van der Waals surface area contributed by atoms with E-state index in [2.05, 4.69) is 10.2 Å². The summed E-state index contributed by atoms with van der Waals surface area (Å²) in [5.41, 5.74) is 0.496. The van der Waals surface area contributed by atoms with Crippen LogP contribution < -0.4 is 0 Å². The Balaban J connectivity index is 2.63. The van der Waals surface area contributed by atoms with Crippen LogP contribution in [0.25, 0.3) is 10.9 Å². The van der Waals surface area contributed by atoms with Gasteiger partial charge in [0.1, 0.15) is 5.82 Å². The summed E-state index contributed by atoms with van der Waals surface area (Å²) in [6.45, 7) is 1.90. The third-order valence-corrected chi connectivity index (χ3v) is 2.46. The van der Waals surface area contributed by atoms with Crippen molar-refractivity contribution in [2.75, 3.05) is 6.61 Å². The number of fused-ring (bicyclic) bond motifs is 1. The second-order valence-electron chi connectivity index (χ2n) is 3.08. The summed E-state index contributed by atoms with van der Waals surface area (Å²) in [6.07, 6.45) is 0. The van der Waals surface area contributed by atoms with Gasteiger partial charge in [0.15, 0.2) is 5.69 Å². The number of H-pyrrole nitrogens is 1. The first-order valence-corrected chi connectivity index (χ1v) is 5.02. The standard InChI is InChI=1S/C10H8ClFN2O2/c1-2-16-10(15)9-7-6(13-14-9)4-3-5(12)8(7)11/h3-4H,2H2,1H3,(H,13,14). The molecule has 0 aliphatic carbocycles. The zero-order valence-corrected chi connectivity index (χ0v) is 9.14. The molecule has 0 aliphatic rings. The highest BCUT2D eigenvalue weighted by atomic mass is 35.5. The van der Waals surface area contributed by atoms with E-state index in [1.807, 2.05) is 0 Å². The minimum atomic E-state index is -0.624. The Bertz CT molecular complexity index is 553. The van der Waals surface area contributed by atoms with E-state index in [-0.39, 0.29) is 22.7 Å². The van der Waals surface area contributed by atoms with Crippen molar-refractivity contribution in [1.29, 1.82) is 0 Å². The summed E-state index contributed by atoms with van der Waals surface area (Å²) in [7, 11) is 0. The highest BCUT2D eigenvalue weighted by molar-refractivity contribution is 6.36. The fourth-order valence-corrected chi connectivity index (χ4v) is 1.65. The second-order valence-corrected chi connectivity index (χ2v) is 3.45. The smallest absolute Gasteiger partial charge is 0.359 e. The normalized spacial score (nSPS) is 10.7. The fourth-order valence-electron chi connectivity index (χ4n) is 1.39. The van der Waals surface area contributed by atoms with Gasteiger partial charge in [0, 0.05) is 0 Å². The van der Waals surface area contributed by atoms with Crippen LogP contribution >= 0.6 is 11.6 Å². The Labute approximate surface area is 95.3 Å². The van der Waals surface area contributed by atoms with Crippen molar-refractivity contribution in [3.8, 4) is 0 Å². The van der Waals surface area contributed by atoms with E-state index < -0.39 is 11.8 Å². The van der Waals surface area contributed by atoms with Gasteiger partial charge < -0.3 is 4.74 Å². The molecule has 1 N–H and O–H groups in total. The van der Waals surface area contributed by atoms with Crippen LogP contribution in [0.1, 0.15) is 17.4 Å². The molecule has 0 saturated heterocycles. The minimum absolute atomic E-state index is 0.00125. The molecule has 0 saturated carbocycles. The summed E-state index contributed by atoms with van der Waals surface area (Å²) in [5.74, 6) is -1.22. The highest BCUT2D eigenvalue weighted by Crippen LogP contribution is 2.28. The van der Waals surface area contributed by atoms with Gasteiger partial charge in [-0.15, -0.1) is 0 Å². The van der Waals surface area contributed by atoms with Crippen molar-refractivity contribution in [1.82, 2.24) is 10.2 Å². The number of benzene rings is 1. The molecule has 0 aliphatic heterocycles. The number of hydrogen-bond acceptors (Lipinski definition) is 3. The molecule has 0 fully saturated rings. The summed E-state index contributed by atoms with van der Waals surface area (Å²) in [5, 5.41) is 6.48. The Morgan fingerprint density at radius 3 is 3.06 bits per heavy atom. The maximum absolute atomic E-state index is 13.2. The zero-order chi connectivity index (χ0) is 11.7.